The van der Waals surface area contributed by atoms with E-state index in [0.29, 0.717) is 4.47 Å². The molecule has 1 aromatic carbocycles. The summed E-state index contributed by atoms with van der Waals surface area (Å²) in [6.07, 6.45) is 0. The number of rotatable bonds is 3. The van der Waals surface area contributed by atoms with Gasteiger partial charge < -0.3 is 10.4 Å². The Labute approximate surface area is 114 Å². The van der Waals surface area contributed by atoms with Crippen molar-refractivity contribution in [2.24, 2.45) is 0 Å². The quantitative estimate of drug-likeness (QED) is 0.901. The van der Waals surface area contributed by atoms with Crippen LogP contribution in [-0.2, 0) is 0 Å². The van der Waals surface area contributed by atoms with Crippen molar-refractivity contribution in [1.29, 1.82) is 0 Å². The molecule has 2 N–H and O–H groups in total. The second kappa shape index (κ2) is 5.23. The highest BCUT2D eigenvalue weighted by molar-refractivity contribution is 9.10. The molecule has 2 rings (SSSR count). The van der Waals surface area contributed by atoms with Crippen molar-refractivity contribution in [3.8, 4) is 0 Å². The van der Waals surface area contributed by atoms with Crippen molar-refractivity contribution >= 4 is 45.0 Å². The lowest BCUT2D eigenvalue weighted by atomic mass is 10.2. The van der Waals surface area contributed by atoms with Gasteiger partial charge in [0.25, 0.3) is 5.91 Å². The first-order valence-corrected chi connectivity index (χ1v) is 6.32. The van der Waals surface area contributed by atoms with Crippen molar-refractivity contribution < 1.29 is 14.7 Å². The molecular weight excluding hydrogens is 322 g/mol. The Morgan fingerprint density at radius 3 is 2.78 bits per heavy atom. The van der Waals surface area contributed by atoms with Gasteiger partial charge in [0.15, 0.2) is 5.69 Å². The minimum atomic E-state index is -1.12. The SMILES string of the molecule is O=C(Nc1ccc(Br)cc1C(=O)O)c1csnn1. The van der Waals surface area contributed by atoms with Crippen LogP contribution in [0.4, 0.5) is 5.69 Å². The zero-order chi connectivity index (χ0) is 13.1. The average molecular weight is 328 g/mol. The lowest BCUT2D eigenvalue weighted by Gasteiger charge is -2.07. The molecule has 1 heterocycles. The molecule has 6 nitrogen and oxygen atoms in total. The monoisotopic (exact) mass is 327 g/mol. The molecule has 0 radical (unpaired) electrons. The maximum atomic E-state index is 11.7. The van der Waals surface area contributed by atoms with Crippen molar-refractivity contribution in [2.75, 3.05) is 5.32 Å². The van der Waals surface area contributed by atoms with Gasteiger partial charge in [0.2, 0.25) is 0 Å². The van der Waals surface area contributed by atoms with E-state index in [2.05, 4.69) is 30.8 Å². The van der Waals surface area contributed by atoms with Gasteiger partial charge in [-0.05, 0) is 29.7 Å². The van der Waals surface area contributed by atoms with Crippen molar-refractivity contribution in [2.45, 2.75) is 0 Å². The summed E-state index contributed by atoms with van der Waals surface area (Å²) in [4.78, 5) is 22.8. The van der Waals surface area contributed by atoms with Gasteiger partial charge in [-0.25, -0.2) is 4.79 Å². The number of carbonyl (C=O) groups excluding carboxylic acids is 1. The fraction of sp³-hybridized carbons (Fsp3) is 0. The van der Waals surface area contributed by atoms with Crippen LogP contribution in [0.1, 0.15) is 20.8 Å². The molecule has 0 unspecified atom stereocenters. The zero-order valence-corrected chi connectivity index (χ0v) is 11.2. The highest BCUT2D eigenvalue weighted by atomic mass is 79.9. The molecule has 2 aromatic rings. The predicted molar refractivity (Wildman–Crippen MR) is 69.0 cm³/mol. The van der Waals surface area contributed by atoms with Crippen LogP contribution in [0, 0.1) is 0 Å². The van der Waals surface area contributed by atoms with E-state index < -0.39 is 11.9 Å². The number of anilines is 1. The summed E-state index contributed by atoms with van der Waals surface area (Å²) in [6.45, 7) is 0. The number of nitrogens with one attached hydrogen (secondary N) is 1. The lowest BCUT2D eigenvalue weighted by Crippen LogP contribution is -2.15. The van der Waals surface area contributed by atoms with Crippen LogP contribution in [0.25, 0.3) is 0 Å². The Morgan fingerprint density at radius 1 is 1.39 bits per heavy atom. The number of hydrogen-bond acceptors (Lipinski definition) is 5. The molecule has 0 saturated heterocycles. The summed E-state index contributed by atoms with van der Waals surface area (Å²) in [7, 11) is 0. The minimum absolute atomic E-state index is 0.000846. The van der Waals surface area contributed by atoms with Crippen molar-refractivity contribution in [1.82, 2.24) is 9.59 Å². The molecule has 18 heavy (non-hydrogen) atoms. The number of aromatic nitrogens is 2. The smallest absolute Gasteiger partial charge is 0.337 e. The topological polar surface area (TPSA) is 92.2 Å². The van der Waals surface area contributed by atoms with E-state index >= 15 is 0 Å². The number of halogens is 1. The van der Waals surface area contributed by atoms with Crippen LogP contribution < -0.4 is 5.32 Å². The molecule has 92 valence electrons. The van der Waals surface area contributed by atoms with Crippen molar-refractivity contribution in [3.05, 3.63) is 39.3 Å². The molecule has 0 bridgehead atoms. The van der Waals surface area contributed by atoms with E-state index in [1.54, 1.807) is 6.07 Å². The number of nitrogens with zero attached hydrogens (tertiary/aromatic N) is 2. The molecule has 1 aromatic heterocycles. The maximum Gasteiger partial charge on any atom is 0.337 e. The van der Waals surface area contributed by atoms with Gasteiger partial charge in [-0.3, -0.25) is 4.79 Å². The molecule has 8 heteroatoms. The predicted octanol–water partition coefficient (Wildman–Crippen LogP) is 2.25. The summed E-state index contributed by atoms with van der Waals surface area (Å²) >= 11 is 4.22. The number of carboxylic acids is 1. The third kappa shape index (κ3) is 2.71. The van der Waals surface area contributed by atoms with Crippen LogP contribution in [0.2, 0.25) is 0 Å². The standard InChI is InChI=1S/C10H6BrN3O3S/c11-5-1-2-7(6(3-5)10(16)17)12-9(15)8-4-18-14-13-8/h1-4H,(H,12,15)(H,16,17). The number of hydrogen-bond donors (Lipinski definition) is 2. The van der Waals surface area contributed by atoms with Gasteiger partial charge >= 0.3 is 5.97 Å². The Kier molecular flexibility index (Phi) is 3.68. The number of carbonyl (C=O) groups is 2. The number of aromatic carboxylic acids is 1. The van der Waals surface area contributed by atoms with Crippen molar-refractivity contribution in [3.63, 3.8) is 0 Å². The first-order valence-electron chi connectivity index (χ1n) is 4.69. The molecule has 0 aliphatic heterocycles. The van der Waals surface area contributed by atoms with Crippen LogP contribution in [0.15, 0.2) is 28.1 Å². The second-order valence-electron chi connectivity index (χ2n) is 3.24. The summed E-state index contributed by atoms with van der Waals surface area (Å²) in [5.41, 5.74) is 0.365. The Hall–Kier alpha value is -1.80. The summed E-state index contributed by atoms with van der Waals surface area (Å²) in [6, 6.07) is 4.56. The molecule has 0 saturated carbocycles. The fourth-order valence-electron chi connectivity index (χ4n) is 1.25. The van der Waals surface area contributed by atoms with Crippen LogP contribution in [0.5, 0.6) is 0 Å². The largest absolute Gasteiger partial charge is 0.478 e. The number of carboxylic acid groups (broad SMARTS) is 1. The molecule has 0 fully saturated rings. The molecule has 0 atom stereocenters. The Bertz CT molecular complexity index is 600. The van der Waals surface area contributed by atoms with E-state index in [0.717, 1.165) is 11.5 Å². The summed E-state index contributed by atoms with van der Waals surface area (Å²) in [5.74, 6) is -1.61. The van der Waals surface area contributed by atoms with E-state index in [4.69, 9.17) is 5.11 Å². The molecule has 1 amide bonds. The Morgan fingerprint density at radius 2 is 2.17 bits per heavy atom. The first-order chi connectivity index (χ1) is 8.58. The molecule has 0 spiro atoms. The van der Waals surface area contributed by atoms with E-state index in [1.807, 2.05) is 0 Å². The maximum absolute atomic E-state index is 11.7. The van der Waals surface area contributed by atoms with Gasteiger partial charge in [-0.2, -0.15) is 0 Å². The molecule has 0 aliphatic rings. The highest BCUT2D eigenvalue weighted by Gasteiger charge is 2.15. The minimum Gasteiger partial charge on any atom is -0.478 e. The zero-order valence-electron chi connectivity index (χ0n) is 8.75. The fourth-order valence-corrected chi connectivity index (χ4v) is 2.05. The Balaban J connectivity index is 2.29. The summed E-state index contributed by atoms with van der Waals surface area (Å²) in [5, 5.41) is 16.6. The third-order valence-corrected chi connectivity index (χ3v) is 3.05. The highest BCUT2D eigenvalue weighted by Crippen LogP contribution is 2.21. The van der Waals surface area contributed by atoms with Gasteiger partial charge in [0, 0.05) is 9.85 Å². The second-order valence-corrected chi connectivity index (χ2v) is 4.76. The number of amides is 1. The number of benzene rings is 1. The average Bonchev–Trinajstić information content (AvgIpc) is 2.84. The van der Waals surface area contributed by atoms with Crippen LogP contribution >= 0.6 is 27.5 Å². The van der Waals surface area contributed by atoms with E-state index in [9.17, 15) is 9.59 Å². The first kappa shape index (κ1) is 12.7. The molecular formula is C10H6BrN3O3S. The summed E-state index contributed by atoms with van der Waals surface area (Å²) < 4.78 is 4.18. The van der Waals surface area contributed by atoms with Crippen LogP contribution in [0.3, 0.4) is 0 Å². The van der Waals surface area contributed by atoms with Crippen LogP contribution in [-0.4, -0.2) is 26.6 Å². The van der Waals surface area contributed by atoms with Gasteiger partial charge in [0.05, 0.1) is 11.3 Å². The van der Waals surface area contributed by atoms with Gasteiger partial charge in [0.1, 0.15) is 0 Å². The van der Waals surface area contributed by atoms with E-state index in [1.165, 1.54) is 17.5 Å². The normalized spacial score (nSPS) is 10.1. The molecule has 0 aliphatic carbocycles. The van der Waals surface area contributed by atoms with E-state index in [-0.39, 0.29) is 16.9 Å². The van der Waals surface area contributed by atoms with Gasteiger partial charge in [-0.1, -0.05) is 20.4 Å². The lowest BCUT2D eigenvalue weighted by molar-refractivity contribution is 0.0698. The van der Waals surface area contributed by atoms with Gasteiger partial charge in [-0.15, -0.1) is 5.10 Å². The third-order valence-electron chi connectivity index (χ3n) is 2.05.